The summed E-state index contributed by atoms with van der Waals surface area (Å²) in [6, 6.07) is 0.361. The average molecular weight is 316 g/mol. The molecule has 0 bridgehead atoms. The van der Waals surface area contributed by atoms with Gasteiger partial charge in [0.2, 0.25) is 0 Å². The molecule has 23 heavy (non-hydrogen) atoms. The topological polar surface area (TPSA) is 78.8 Å². The molecule has 0 amide bonds. The van der Waals surface area contributed by atoms with Crippen LogP contribution in [-0.4, -0.2) is 38.9 Å². The molecule has 124 valence electrons. The summed E-state index contributed by atoms with van der Waals surface area (Å²) in [4.78, 5) is 20.9. The maximum absolute atomic E-state index is 11.9. The van der Waals surface area contributed by atoms with Crippen molar-refractivity contribution in [2.75, 3.05) is 18.0 Å². The fraction of sp³-hybridized carbons (Fsp3) is 0.562. The first-order chi connectivity index (χ1) is 11.3. The third kappa shape index (κ3) is 3.98. The average Bonchev–Trinajstić information content (AvgIpc) is 3.02. The largest absolute Gasteiger partial charge is 0.350 e. The summed E-state index contributed by atoms with van der Waals surface area (Å²) in [7, 11) is 0. The number of nitrogens with one attached hydrogen (secondary N) is 2. The highest BCUT2D eigenvalue weighted by atomic mass is 16.1. The Labute approximate surface area is 135 Å². The minimum atomic E-state index is -0.117. The molecule has 0 aliphatic carbocycles. The zero-order chi connectivity index (χ0) is 16.1. The lowest BCUT2D eigenvalue weighted by atomic mass is 10.1. The molecule has 1 fully saturated rings. The first kappa shape index (κ1) is 15.7. The minimum Gasteiger partial charge on any atom is -0.350 e. The van der Waals surface area contributed by atoms with E-state index >= 15 is 0 Å². The van der Waals surface area contributed by atoms with Crippen LogP contribution in [0.15, 0.2) is 29.6 Å². The van der Waals surface area contributed by atoms with Gasteiger partial charge in [-0.05, 0) is 19.3 Å². The second kappa shape index (κ2) is 7.41. The molecule has 2 N–H and O–H groups in total. The molecular weight excluding hydrogens is 292 g/mol. The standard InChI is InChI=1S/C16H24N6O/c1-2-7-22-11-13(10-20-22)9-19-14-4-3-8-21(12-14)15-16(23)18-6-5-17-15/h5-6,10-11,14,19H,2-4,7-9,12H2,1H3,(H,18,23)/t14-/m1/s1. The highest BCUT2D eigenvalue weighted by Crippen LogP contribution is 2.14. The number of rotatable bonds is 6. The van der Waals surface area contributed by atoms with Crippen LogP contribution in [0.2, 0.25) is 0 Å². The van der Waals surface area contributed by atoms with Crippen molar-refractivity contribution in [3.63, 3.8) is 0 Å². The molecule has 2 aromatic heterocycles. The smallest absolute Gasteiger partial charge is 0.290 e. The van der Waals surface area contributed by atoms with E-state index in [1.54, 1.807) is 12.4 Å². The summed E-state index contributed by atoms with van der Waals surface area (Å²) >= 11 is 0. The molecular formula is C16H24N6O. The van der Waals surface area contributed by atoms with Crippen molar-refractivity contribution in [3.05, 3.63) is 40.7 Å². The fourth-order valence-electron chi connectivity index (χ4n) is 3.02. The van der Waals surface area contributed by atoms with E-state index in [0.29, 0.717) is 11.9 Å². The fourth-order valence-corrected chi connectivity index (χ4v) is 3.02. The summed E-state index contributed by atoms with van der Waals surface area (Å²) in [5.74, 6) is 0.523. The van der Waals surface area contributed by atoms with Crippen LogP contribution >= 0.6 is 0 Å². The Balaban J connectivity index is 1.56. The van der Waals surface area contributed by atoms with Gasteiger partial charge in [-0.1, -0.05) is 6.92 Å². The number of hydrogen-bond acceptors (Lipinski definition) is 5. The molecule has 0 aromatic carbocycles. The number of anilines is 1. The molecule has 1 saturated heterocycles. The van der Waals surface area contributed by atoms with Crippen molar-refractivity contribution in [1.29, 1.82) is 0 Å². The summed E-state index contributed by atoms with van der Waals surface area (Å²) in [6.07, 6.45) is 10.5. The minimum absolute atomic E-state index is 0.117. The molecule has 7 nitrogen and oxygen atoms in total. The van der Waals surface area contributed by atoms with E-state index in [2.05, 4.69) is 38.4 Å². The van der Waals surface area contributed by atoms with Crippen LogP contribution in [0.3, 0.4) is 0 Å². The Bertz CT molecular complexity index is 679. The van der Waals surface area contributed by atoms with Crippen LogP contribution in [0.1, 0.15) is 31.7 Å². The Morgan fingerprint density at radius 1 is 1.48 bits per heavy atom. The third-order valence-corrected chi connectivity index (χ3v) is 4.14. The molecule has 0 radical (unpaired) electrons. The molecule has 3 heterocycles. The van der Waals surface area contributed by atoms with E-state index in [9.17, 15) is 4.79 Å². The highest BCUT2D eigenvalue weighted by Gasteiger charge is 2.22. The maximum atomic E-state index is 11.9. The molecule has 1 aliphatic heterocycles. The molecule has 0 spiro atoms. The molecule has 2 aromatic rings. The van der Waals surface area contributed by atoms with E-state index in [1.165, 1.54) is 5.56 Å². The zero-order valence-corrected chi connectivity index (χ0v) is 13.5. The third-order valence-electron chi connectivity index (χ3n) is 4.14. The Hall–Kier alpha value is -2.15. The molecule has 1 atom stereocenters. The quantitative estimate of drug-likeness (QED) is 0.835. The number of aromatic nitrogens is 4. The monoisotopic (exact) mass is 316 g/mol. The number of aryl methyl sites for hydroxylation is 1. The molecule has 1 aliphatic rings. The number of H-pyrrole nitrogens is 1. The van der Waals surface area contributed by atoms with Crippen LogP contribution < -0.4 is 15.8 Å². The van der Waals surface area contributed by atoms with Gasteiger partial charge in [0.05, 0.1) is 6.20 Å². The first-order valence-electron chi connectivity index (χ1n) is 8.29. The van der Waals surface area contributed by atoms with Crippen LogP contribution in [0, 0.1) is 0 Å². The SMILES string of the molecule is CCCn1cc(CN[C@@H]2CCCN(c3ncc[nH]c3=O)C2)cn1. The van der Waals surface area contributed by atoms with Gasteiger partial charge in [0, 0.05) is 56.4 Å². The van der Waals surface area contributed by atoms with Gasteiger partial charge in [-0.2, -0.15) is 5.10 Å². The van der Waals surface area contributed by atoms with E-state index in [0.717, 1.165) is 45.4 Å². The van der Waals surface area contributed by atoms with Gasteiger partial charge in [0.15, 0.2) is 5.82 Å². The van der Waals surface area contributed by atoms with Crippen molar-refractivity contribution >= 4 is 5.82 Å². The van der Waals surface area contributed by atoms with Crippen molar-refractivity contribution in [2.45, 2.75) is 45.3 Å². The van der Waals surface area contributed by atoms with Gasteiger partial charge in [0.25, 0.3) is 5.56 Å². The van der Waals surface area contributed by atoms with Crippen LogP contribution in [-0.2, 0) is 13.1 Å². The van der Waals surface area contributed by atoms with Gasteiger partial charge < -0.3 is 15.2 Å². The maximum Gasteiger partial charge on any atom is 0.290 e. The lowest BCUT2D eigenvalue weighted by molar-refractivity contribution is 0.419. The van der Waals surface area contributed by atoms with Gasteiger partial charge in [-0.15, -0.1) is 0 Å². The molecule has 0 saturated carbocycles. The van der Waals surface area contributed by atoms with Crippen molar-refractivity contribution in [2.24, 2.45) is 0 Å². The van der Waals surface area contributed by atoms with Crippen molar-refractivity contribution in [3.8, 4) is 0 Å². The first-order valence-corrected chi connectivity index (χ1v) is 8.29. The van der Waals surface area contributed by atoms with Gasteiger partial charge in [0.1, 0.15) is 0 Å². The second-order valence-electron chi connectivity index (χ2n) is 6.02. The Morgan fingerprint density at radius 2 is 2.39 bits per heavy atom. The predicted octanol–water partition coefficient (Wildman–Crippen LogP) is 1.13. The van der Waals surface area contributed by atoms with E-state index in [-0.39, 0.29) is 5.56 Å². The molecule has 0 unspecified atom stereocenters. The molecule has 3 rings (SSSR count). The zero-order valence-electron chi connectivity index (χ0n) is 13.5. The van der Waals surface area contributed by atoms with Crippen molar-refractivity contribution in [1.82, 2.24) is 25.1 Å². The predicted molar refractivity (Wildman–Crippen MR) is 89.5 cm³/mol. The van der Waals surface area contributed by atoms with E-state index in [4.69, 9.17) is 0 Å². The van der Waals surface area contributed by atoms with Gasteiger partial charge in [-0.25, -0.2) is 4.98 Å². The van der Waals surface area contributed by atoms with Crippen LogP contribution in [0.25, 0.3) is 0 Å². The van der Waals surface area contributed by atoms with Gasteiger partial charge in [-0.3, -0.25) is 9.48 Å². The Kier molecular flexibility index (Phi) is 5.07. The van der Waals surface area contributed by atoms with E-state index in [1.807, 2.05) is 10.9 Å². The van der Waals surface area contributed by atoms with E-state index < -0.39 is 0 Å². The lowest BCUT2D eigenvalue weighted by Crippen LogP contribution is -2.47. The van der Waals surface area contributed by atoms with Crippen LogP contribution in [0.4, 0.5) is 5.82 Å². The lowest BCUT2D eigenvalue weighted by Gasteiger charge is -2.33. The summed E-state index contributed by atoms with van der Waals surface area (Å²) in [5.41, 5.74) is 1.08. The molecule has 7 heteroatoms. The number of aromatic amines is 1. The second-order valence-corrected chi connectivity index (χ2v) is 6.02. The summed E-state index contributed by atoms with van der Waals surface area (Å²) in [6.45, 7) is 5.60. The summed E-state index contributed by atoms with van der Waals surface area (Å²) in [5, 5.41) is 7.93. The number of piperidine rings is 1. The van der Waals surface area contributed by atoms with Gasteiger partial charge >= 0.3 is 0 Å². The van der Waals surface area contributed by atoms with Crippen LogP contribution in [0.5, 0.6) is 0 Å². The van der Waals surface area contributed by atoms with Crippen molar-refractivity contribution < 1.29 is 0 Å². The highest BCUT2D eigenvalue weighted by molar-refractivity contribution is 5.36. The Morgan fingerprint density at radius 3 is 3.22 bits per heavy atom. The number of nitrogens with zero attached hydrogens (tertiary/aromatic N) is 4. The number of hydrogen-bond donors (Lipinski definition) is 2. The normalized spacial score (nSPS) is 18.3. The summed E-state index contributed by atoms with van der Waals surface area (Å²) < 4.78 is 1.98.